The van der Waals surface area contributed by atoms with E-state index < -0.39 is 12.0 Å². The van der Waals surface area contributed by atoms with Crippen LogP contribution in [0.25, 0.3) is 21.7 Å². The normalized spacial score (nSPS) is 21.9. The van der Waals surface area contributed by atoms with Crippen LogP contribution in [0.15, 0.2) is 24.5 Å². The van der Waals surface area contributed by atoms with E-state index in [1.807, 2.05) is 0 Å². The van der Waals surface area contributed by atoms with Crippen molar-refractivity contribution < 1.29 is 13.9 Å². The molecule has 0 aliphatic heterocycles. The highest BCUT2D eigenvalue weighted by Gasteiger charge is 2.41. The summed E-state index contributed by atoms with van der Waals surface area (Å²) < 4.78 is 29.0. The second-order valence-electron chi connectivity index (χ2n) is 7.38. The fourth-order valence-corrected chi connectivity index (χ4v) is 4.91. The summed E-state index contributed by atoms with van der Waals surface area (Å²) in [6, 6.07) is 2.76. The first-order valence-electron chi connectivity index (χ1n) is 9.40. The maximum atomic E-state index is 14.6. The molecule has 2 aliphatic rings. The van der Waals surface area contributed by atoms with Gasteiger partial charge in [-0.25, -0.2) is 8.78 Å². The van der Waals surface area contributed by atoms with Crippen LogP contribution in [0.1, 0.15) is 32.1 Å². The smallest absolute Gasteiger partial charge is 0.209 e. The number of nitrogens with one attached hydrogen (secondary N) is 1. The molecule has 2 N–H and O–H groups in total. The minimum atomic E-state index is -0.854. The second kappa shape index (κ2) is 6.80. The molecule has 28 heavy (non-hydrogen) atoms. The maximum Gasteiger partial charge on any atom is 0.209 e. The van der Waals surface area contributed by atoms with Crippen LogP contribution < -0.4 is 4.90 Å². The highest BCUT2D eigenvalue weighted by molar-refractivity contribution is 7.18. The Balaban J connectivity index is 1.48. The van der Waals surface area contributed by atoms with E-state index in [-0.39, 0.29) is 22.9 Å². The number of aromatic nitrogens is 4. The number of aromatic hydroxyl groups is 1. The Morgan fingerprint density at radius 2 is 2.00 bits per heavy atom. The molecule has 2 heterocycles. The lowest BCUT2D eigenvalue weighted by molar-refractivity contribution is 0.300. The molecule has 6 nitrogen and oxygen atoms in total. The molecule has 0 saturated heterocycles. The van der Waals surface area contributed by atoms with Crippen LogP contribution in [0.3, 0.4) is 0 Å². The highest BCUT2D eigenvalue weighted by Crippen LogP contribution is 2.43. The second-order valence-corrected chi connectivity index (χ2v) is 8.33. The van der Waals surface area contributed by atoms with Gasteiger partial charge in [-0.1, -0.05) is 11.3 Å². The number of hydrogen-bond acceptors (Lipinski definition) is 6. The van der Waals surface area contributed by atoms with Gasteiger partial charge in [0, 0.05) is 23.4 Å². The minimum absolute atomic E-state index is 0.0810. The molecular weight excluding hydrogens is 384 g/mol. The van der Waals surface area contributed by atoms with E-state index in [9.17, 15) is 13.9 Å². The largest absolute Gasteiger partial charge is 0.507 e. The molecule has 2 saturated carbocycles. The first-order chi connectivity index (χ1) is 13.6. The van der Waals surface area contributed by atoms with Crippen LogP contribution in [0.2, 0.25) is 0 Å². The number of nitrogens with zero attached hydrogens (tertiary/aromatic N) is 4. The Kier molecular flexibility index (Phi) is 4.26. The molecule has 1 aromatic carbocycles. The van der Waals surface area contributed by atoms with Gasteiger partial charge in [0.15, 0.2) is 5.01 Å². The average molecular weight is 403 g/mol. The SMILES string of the molecule is Oc1cc(-c2cn[nH]c2)c(F)cc1-c1nnc(N(C2CC2)[C@@H]2CCC[C@@H]2F)s1. The topological polar surface area (TPSA) is 77.9 Å². The summed E-state index contributed by atoms with van der Waals surface area (Å²) in [7, 11) is 0. The summed E-state index contributed by atoms with van der Waals surface area (Å²) in [6.45, 7) is 0. The summed E-state index contributed by atoms with van der Waals surface area (Å²) in [5, 5.41) is 26.4. The number of alkyl halides is 1. The van der Waals surface area contributed by atoms with Crippen LogP contribution in [-0.4, -0.2) is 43.8 Å². The Morgan fingerprint density at radius 1 is 1.14 bits per heavy atom. The van der Waals surface area contributed by atoms with Crippen LogP contribution in [0, 0.1) is 5.82 Å². The zero-order valence-electron chi connectivity index (χ0n) is 15.0. The summed E-state index contributed by atoms with van der Waals surface area (Å²) in [6.07, 6.45) is 6.52. The van der Waals surface area contributed by atoms with E-state index >= 15 is 0 Å². The maximum absolute atomic E-state index is 14.6. The van der Waals surface area contributed by atoms with Crippen LogP contribution in [-0.2, 0) is 0 Å². The van der Waals surface area contributed by atoms with Gasteiger partial charge in [-0.3, -0.25) is 5.10 Å². The molecule has 0 spiro atoms. The lowest BCUT2D eigenvalue weighted by Crippen LogP contribution is -2.40. The molecule has 2 aliphatic carbocycles. The summed E-state index contributed by atoms with van der Waals surface area (Å²) >= 11 is 1.27. The van der Waals surface area contributed by atoms with E-state index in [4.69, 9.17) is 0 Å². The summed E-state index contributed by atoms with van der Waals surface area (Å²) in [4.78, 5) is 2.06. The fourth-order valence-electron chi connectivity index (χ4n) is 3.91. The Hall–Kier alpha value is -2.55. The predicted molar refractivity (Wildman–Crippen MR) is 103 cm³/mol. The lowest BCUT2D eigenvalue weighted by Gasteiger charge is -2.29. The van der Waals surface area contributed by atoms with E-state index in [0.717, 1.165) is 25.7 Å². The van der Waals surface area contributed by atoms with Crippen molar-refractivity contribution >= 4 is 16.5 Å². The zero-order valence-corrected chi connectivity index (χ0v) is 15.8. The number of aromatic amines is 1. The van der Waals surface area contributed by atoms with Crippen molar-refractivity contribution in [1.29, 1.82) is 0 Å². The first kappa shape index (κ1) is 17.5. The summed E-state index contributed by atoms with van der Waals surface area (Å²) in [5.74, 6) is -0.563. The number of rotatable bonds is 5. The van der Waals surface area contributed by atoms with Crippen molar-refractivity contribution in [3.8, 4) is 27.4 Å². The molecule has 0 unspecified atom stereocenters. The molecule has 2 fully saturated rings. The van der Waals surface area contributed by atoms with E-state index in [2.05, 4.69) is 25.3 Å². The first-order valence-corrected chi connectivity index (χ1v) is 10.2. The standard InChI is InChI=1S/C19H19F2N5OS/c20-14-2-1-3-16(14)26(11-4-5-11)19-25-24-18(28-19)13-6-15(21)12(7-17(13)27)10-8-22-23-9-10/h6-9,11,14,16,27H,1-5H2,(H,22,23)/t14-,16+/m0/s1. The van der Waals surface area contributed by atoms with Crippen molar-refractivity contribution in [2.24, 2.45) is 0 Å². The van der Waals surface area contributed by atoms with Gasteiger partial charge in [0.05, 0.1) is 17.8 Å². The molecule has 146 valence electrons. The summed E-state index contributed by atoms with van der Waals surface area (Å²) in [5.41, 5.74) is 1.09. The minimum Gasteiger partial charge on any atom is -0.507 e. The van der Waals surface area contributed by atoms with Gasteiger partial charge in [0.25, 0.3) is 0 Å². The molecule has 0 amide bonds. The molecular formula is C19H19F2N5OS. The number of phenols is 1. The zero-order chi connectivity index (χ0) is 19.3. The van der Waals surface area contributed by atoms with Crippen molar-refractivity contribution in [2.45, 2.75) is 50.4 Å². The molecule has 5 rings (SSSR count). The lowest BCUT2D eigenvalue weighted by atomic mass is 10.1. The fraction of sp³-hybridized carbons (Fsp3) is 0.421. The molecule has 9 heteroatoms. The Morgan fingerprint density at radius 3 is 2.68 bits per heavy atom. The molecule has 2 atom stereocenters. The number of hydrogen-bond donors (Lipinski definition) is 2. The third-order valence-electron chi connectivity index (χ3n) is 5.46. The Bertz CT molecular complexity index is 988. The number of benzene rings is 1. The molecule has 0 bridgehead atoms. The van der Waals surface area contributed by atoms with Gasteiger partial charge in [-0.05, 0) is 44.2 Å². The average Bonchev–Trinajstić information content (AvgIpc) is 3.06. The molecule has 0 radical (unpaired) electrons. The Labute approximate surface area is 164 Å². The number of H-pyrrole nitrogens is 1. The van der Waals surface area contributed by atoms with Crippen LogP contribution in [0.5, 0.6) is 5.75 Å². The number of anilines is 1. The van der Waals surface area contributed by atoms with Crippen LogP contribution >= 0.6 is 11.3 Å². The monoisotopic (exact) mass is 403 g/mol. The van der Waals surface area contributed by atoms with Crippen LogP contribution in [0.4, 0.5) is 13.9 Å². The van der Waals surface area contributed by atoms with E-state index in [1.165, 1.54) is 29.7 Å². The van der Waals surface area contributed by atoms with Crippen molar-refractivity contribution in [1.82, 2.24) is 20.4 Å². The van der Waals surface area contributed by atoms with Gasteiger partial charge in [-0.2, -0.15) is 5.10 Å². The van der Waals surface area contributed by atoms with Crippen molar-refractivity contribution in [2.75, 3.05) is 4.90 Å². The van der Waals surface area contributed by atoms with E-state index in [0.29, 0.717) is 28.2 Å². The van der Waals surface area contributed by atoms with Gasteiger partial charge in [0.1, 0.15) is 17.7 Å². The molecule has 3 aromatic rings. The molecule has 2 aromatic heterocycles. The third kappa shape index (κ3) is 3.03. The predicted octanol–water partition coefficient (Wildman–Crippen LogP) is 4.30. The van der Waals surface area contributed by atoms with Crippen molar-refractivity contribution in [3.63, 3.8) is 0 Å². The highest BCUT2D eigenvalue weighted by atomic mass is 32.1. The van der Waals surface area contributed by atoms with E-state index in [1.54, 1.807) is 6.20 Å². The van der Waals surface area contributed by atoms with Crippen molar-refractivity contribution in [3.05, 3.63) is 30.3 Å². The van der Waals surface area contributed by atoms with Gasteiger partial charge in [0.2, 0.25) is 5.13 Å². The number of halogens is 2. The quantitative estimate of drug-likeness (QED) is 0.664. The van der Waals surface area contributed by atoms with Gasteiger partial charge in [-0.15, -0.1) is 10.2 Å². The number of phenolic OH excluding ortho intramolecular Hbond substituents is 1. The third-order valence-corrected chi connectivity index (χ3v) is 6.43. The van der Waals surface area contributed by atoms with Gasteiger partial charge >= 0.3 is 0 Å². The van der Waals surface area contributed by atoms with Gasteiger partial charge < -0.3 is 10.0 Å².